The van der Waals surface area contributed by atoms with Crippen LogP contribution in [0.2, 0.25) is 0 Å². The fourth-order valence-electron chi connectivity index (χ4n) is 4.13. The van der Waals surface area contributed by atoms with E-state index in [1.165, 1.54) is 19.3 Å². The van der Waals surface area contributed by atoms with Gasteiger partial charge in [-0.15, -0.1) is 0 Å². The van der Waals surface area contributed by atoms with E-state index in [1.54, 1.807) is 0 Å². The fraction of sp³-hybridized carbons (Fsp3) is 0.812. The zero-order chi connectivity index (χ0) is 13.2. The fourth-order valence-corrected chi connectivity index (χ4v) is 4.13. The van der Waals surface area contributed by atoms with Crippen molar-refractivity contribution in [3.8, 4) is 0 Å². The van der Waals surface area contributed by atoms with Gasteiger partial charge in [0.2, 0.25) is 5.91 Å². The average Bonchev–Trinajstić information content (AvgIpc) is 3.00. The normalized spacial score (nSPS) is 36.7. The van der Waals surface area contributed by atoms with E-state index in [4.69, 9.17) is 0 Å². The summed E-state index contributed by atoms with van der Waals surface area (Å²) in [7, 11) is 0. The molecular formula is C16H26N2O. The third-order valence-electron chi connectivity index (χ3n) is 5.10. The summed E-state index contributed by atoms with van der Waals surface area (Å²) in [6, 6.07) is 1.82. The second-order valence-electron chi connectivity index (χ2n) is 6.41. The molecular weight excluding hydrogens is 236 g/mol. The Labute approximate surface area is 116 Å². The first kappa shape index (κ1) is 13.2. The first-order chi connectivity index (χ1) is 9.26. The van der Waals surface area contributed by atoms with Gasteiger partial charge in [0.25, 0.3) is 0 Å². The molecule has 19 heavy (non-hydrogen) atoms. The Hall–Kier alpha value is -0.830. The summed E-state index contributed by atoms with van der Waals surface area (Å²) in [5.41, 5.74) is 0. The monoisotopic (exact) mass is 262 g/mol. The zero-order valence-electron chi connectivity index (χ0n) is 12.0. The third-order valence-corrected chi connectivity index (χ3v) is 5.10. The minimum Gasteiger partial charge on any atom is -0.340 e. The molecule has 0 spiro atoms. The maximum atomic E-state index is 12.5. The standard InChI is InChI=1S/C16H26N2O/c1-2-18(16(19)9-12-5-3-4-6-12)15-10-13-7-8-14(11-15)17-13/h3,5,12-15,17H,2,4,6-11H2,1H3. The Morgan fingerprint density at radius 2 is 2.00 bits per heavy atom. The Morgan fingerprint density at radius 1 is 1.26 bits per heavy atom. The van der Waals surface area contributed by atoms with Gasteiger partial charge in [0.15, 0.2) is 0 Å². The lowest BCUT2D eigenvalue weighted by Crippen LogP contribution is -2.50. The molecule has 0 saturated carbocycles. The number of fused-ring (bicyclic) bond motifs is 2. The predicted molar refractivity (Wildman–Crippen MR) is 76.8 cm³/mol. The van der Waals surface area contributed by atoms with Crippen molar-refractivity contribution in [3.05, 3.63) is 12.2 Å². The van der Waals surface area contributed by atoms with Gasteiger partial charge >= 0.3 is 0 Å². The van der Waals surface area contributed by atoms with Gasteiger partial charge in [-0.3, -0.25) is 4.79 Å². The molecule has 0 radical (unpaired) electrons. The van der Waals surface area contributed by atoms with Gasteiger partial charge in [0.05, 0.1) is 0 Å². The van der Waals surface area contributed by atoms with Gasteiger partial charge in [-0.05, 0) is 51.4 Å². The van der Waals surface area contributed by atoms with Crippen LogP contribution in [0.3, 0.4) is 0 Å². The van der Waals surface area contributed by atoms with Crippen LogP contribution < -0.4 is 5.32 Å². The summed E-state index contributed by atoms with van der Waals surface area (Å²) in [5.74, 6) is 0.880. The van der Waals surface area contributed by atoms with E-state index in [0.717, 1.165) is 32.2 Å². The van der Waals surface area contributed by atoms with Crippen LogP contribution in [-0.4, -0.2) is 35.5 Å². The van der Waals surface area contributed by atoms with Crippen molar-refractivity contribution in [3.63, 3.8) is 0 Å². The molecule has 3 unspecified atom stereocenters. The molecule has 3 atom stereocenters. The van der Waals surface area contributed by atoms with Crippen LogP contribution in [0, 0.1) is 5.92 Å². The topological polar surface area (TPSA) is 32.3 Å². The van der Waals surface area contributed by atoms with Crippen LogP contribution in [0.5, 0.6) is 0 Å². The lowest BCUT2D eigenvalue weighted by molar-refractivity contribution is -0.134. The van der Waals surface area contributed by atoms with E-state index in [1.807, 2.05) is 0 Å². The van der Waals surface area contributed by atoms with E-state index in [9.17, 15) is 4.79 Å². The summed E-state index contributed by atoms with van der Waals surface area (Å²) >= 11 is 0. The highest BCUT2D eigenvalue weighted by molar-refractivity contribution is 5.77. The first-order valence-electron chi connectivity index (χ1n) is 7.98. The van der Waals surface area contributed by atoms with E-state index < -0.39 is 0 Å². The van der Waals surface area contributed by atoms with Crippen molar-refractivity contribution >= 4 is 5.91 Å². The lowest BCUT2D eigenvalue weighted by atomic mass is 9.96. The summed E-state index contributed by atoms with van der Waals surface area (Å²) in [6.07, 6.45) is 12.4. The van der Waals surface area contributed by atoms with Crippen LogP contribution in [0.15, 0.2) is 12.2 Å². The van der Waals surface area contributed by atoms with Crippen molar-refractivity contribution in [1.29, 1.82) is 0 Å². The summed E-state index contributed by atoms with van der Waals surface area (Å²) in [5, 5.41) is 3.66. The molecule has 0 aromatic rings. The smallest absolute Gasteiger partial charge is 0.223 e. The molecule has 3 nitrogen and oxygen atoms in total. The van der Waals surface area contributed by atoms with Gasteiger partial charge < -0.3 is 10.2 Å². The third kappa shape index (κ3) is 2.86. The second kappa shape index (κ2) is 5.66. The van der Waals surface area contributed by atoms with Crippen molar-refractivity contribution in [1.82, 2.24) is 10.2 Å². The number of hydrogen-bond donors (Lipinski definition) is 1. The largest absolute Gasteiger partial charge is 0.340 e. The predicted octanol–water partition coefficient (Wildman–Crippen LogP) is 2.47. The molecule has 2 fully saturated rings. The first-order valence-corrected chi connectivity index (χ1v) is 7.98. The minimum absolute atomic E-state index is 0.380. The van der Waals surface area contributed by atoms with Gasteiger partial charge in [-0.25, -0.2) is 0 Å². The number of carbonyl (C=O) groups is 1. The summed E-state index contributed by atoms with van der Waals surface area (Å²) in [4.78, 5) is 14.7. The zero-order valence-corrected chi connectivity index (χ0v) is 12.0. The van der Waals surface area contributed by atoms with Crippen LogP contribution >= 0.6 is 0 Å². The SMILES string of the molecule is CCN(C(=O)CC1C=CCC1)C1CC2CCC(C1)N2. The molecule has 2 saturated heterocycles. The molecule has 2 aliphatic heterocycles. The van der Waals surface area contributed by atoms with Crippen molar-refractivity contribution < 1.29 is 4.79 Å². The number of nitrogens with zero attached hydrogens (tertiary/aromatic N) is 1. The number of hydrogen-bond acceptors (Lipinski definition) is 2. The maximum Gasteiger partial charge on any atom is 0.223 e. The van der Waals surface area contributed by atoms with Crippen LogP contribution in [0.4, 0.5) is 0 Å². The highest BCUT2D eigenvalue weighted by Gasteiger charge is 2.37. The molecule has 3 rings (SSSR count). The maximum absolute atomic E-state index is 12.5. The molecule has 1 aliphatic carbocycles. The van der Waals surface area contributed by atoms with Gasteiger partial charge in [-0.2, -0.15) is 0 Å². The van der Waals surface area contributed by atoms with E-state index in [2.05, 4.69) is 29.3 Å². The Kier molecular flexibility index (Phi) is 3.92. The van der Waals surface area contributed by atoms with Gasteiger partial charge in [-0.1, -0.05) is 12.2 Å². The number of rotatable bonds is 4. The van der Waals surface area contributed by atoms with Crippen LogP contribution in [0.1, 0.15) is 51.9 Å². The van der Waals surface area contributed by atoms with E-state index >= 15 is 0 Å². The summed E-state index contributed by atoms with van der Waals surface area (Å²) in [6.45, 7) is 3.01. The molecule has 3 aliphatic rings. The molecule has 2 heterocycles. The number of piperidine rings is 1. The number of allylic oxidation sites excluding steroid dienone is 2. The number of amides is 1. The van der Waals surface area contributed by atoms with Crippen LogP contribution in [0.25, 0.3) is 0 Å². The average molecular weight is 262 g/mol. The van der Waals surface area contributed by atoms with Gasteiger partial charge in [0.1, 0.15) is 0 Å². The molecule has 1 N–H and O–H groups in total. The Bertz CT molecular complexity index is 354. The molecule has 3 heteroatoms. The van der Waals surface area contributed by atoms with E-state index in [0.29, 0.717) is 30.0 Å². The molecule has 2 bridgehead atoms. The Balaban J connectivity index is 1.59. The minimum atomic E-state index is 0.380. The lowest BCUT2D eigenvalue weighted by Gasteiger charge is -2.37. The van der Waals surface area contributed by atoms with Crippen molar-refractivity contribution in [2.24, 2.45) is 5.92 Å². The number of nitrogens with one attached hydrogen (secondary N) is 1. The van der Waals surface area contributed by atoms with Gasteiger partial charge in [0, 0.05) is 31.1 Å². The molecule has 0 aromatic carbocycles. The highest BCUT2D eigenvalue weighted by atomic mass is 16.2. The summed E-state index contributed by atoms with van der Waals surface area (Å²) < 4.78 is 0. The highest BCUT2D eigenvalue weighted by Crippen LogP contribution is 2.31. The van der Waals surface area contributed by atoms with Crippen LogP contribution in [-0.2, 0) is 4.79 Å². The second-order valence-corrected chi connectivity index (χ2v) is 6.41. The van der Waals surface area contributed by atoms with Crippen molar-refractivity contribution in [2.75, 3.05) is 6.54 Å². The molecule has 1 amide bonds. The van der Waals surface area contributed by atoms with Crippen molar-refractivity contribution in [2.45, 2.75) is 70.0 Å². The molecule has 106 valence electrons. The molecule has 0 aromatic heterocycles. The Morgan fingerprint density at radius 3 is 2.58 bits per heavy atom. The number of carbonyl (C=O) groups excluding carboxylic acids is 1. The quantitative estimate of drug-likeness (QED) is 0.789. The van der Waals surface area contributed by atoms with E-state index in [-0.39, 0.29) is 0 Å².